The minimum atomic E-state index is -1.05. The molecule has 0 atom stereocenters. The summed E-state index contributed by atoms with van der Waals surface area (Å²) in [6.45, 7) is 2.06. The van der Waals surface area contributed by atoms with Crippen LogP contribution in [0.3, 0.4) is 0 Å². The van der Waals surface area contributed by atoms with Gasteiger partial charge in [-0.25, -0.2) is 4.79 Å². The minimum absolute atomic E-state index is 0.0310. The number of esters is 1. The number of rotatable bonds is 4. The average Bonchev–Trinajstić information content (AvgIpc) is 2.25. The van der Waals surface area contributed by atoms with E-state index in [0.717, 1.165) is 12.1 Å². The number of nitrogens with zero attached hydrogens (tertiary/aromatic N) is 1. The molecule has 0 aromatic heterocycles. The first-order valence-electron chi connectivity index (χ1n) is 4.67. The van der Waals surface area contributed by atoms with E-state index in [2.05, 4.69) is 0 Å². The van der Waals surface area contributed by atoms with Crippen LogP contribution in [0, 0.1) is 15.9 Å². The molecule has 6 heteroatoms. The van der Waals surface area contributed by atoms with Crippen molar-refractivity contribution in [2.75, 3.05) is 6.61 Å². The predicted octanol–water partition coefficient (Wildman–Crippen LogP) is 2.30. The standard InChI is InChI=1S/C10H10FNO4/c1-2-5-16-10(13)7-3-4-9(12(14)15)8(11)6-7/h3-4,6H,2,5H2,1H3. The normalized spacial score (nSPS) is 9.88. The van der Waals surface area contributed by atoms with Gasteiger partial charge in [0.15, 0.2) is 0 Å². The Morgan fingerprint density at radius 2 is 2.25 bits per heavy atom. The van der Waals surface area contributed by atoms with Crippen LogP contribution in [0.4, 0.5) is 10.1 Å². The highest BCUT2D eigenvalue weighted by molar-refractivity contribution is 5.89. The van der Waals surface area contributed by atoms with Crippen LogP contribution >= 0.6 is 0 Å². The van der Waals surface area contributed by atoms with Crippen LogP contribution in [0.5, 0.6) is 0 Å². The Hall–Kier alpha value is -1.98. The van der Waals surface area contributed by atoms with Crippen LogP contribution in [0.2, 0.25) is 0 Å². The van der Waals surface area contributed by atoms with Crippen molar-refractivity contribution in [2.45, 2.75) is 13.3 Å². The van der Waals surface area contributed by atoms with Gasteiger partial charge in [0.1, 0.15) is 0 Å². The molecule has 0 aliphatic carbocycles. The highest BCUT2D eigenvalue weighted by Crippen LogP contribution is 2.18. The van der Waals surface area contributed by atoms with Crippen molar-refractivity contribution < 1.29 is 18.8 Å². The Morgan fingerprint density at radius 3 is 2.75 bits per heavy atom. The SMILES string of the molecule is CCCOC(=O)c1ccc([N+](=O)[O-])c(F)c1. The fourth-order valence-electron chi connectivity index (χ4n) is 1.06. The molecule has 0 fully saturated rings. The fraction of sp³-hybridized carbons (Fsp3) is 0.300. The van der Waals surface area contributed by atoms with Crippen molar-refractivity contribution in [3.05, 3.63) is 39.7 Å². The summed E-state index contributed by atoms with van der Waals surface area (Å²) < 4.78 is 17.9. The molecule has 0 spiro atoms. The molecule has 5 nitrogen and oxygen atoms in total. The van der Waals surface area contributed by atoms with Crippen molar-refractivity contribution in [3.63, 3.8) is 0 Å². The Kier molecular flexibility index (Phi) is 3.93. The van der Waals surface area contributed by atoms with Crippen LogP contribution in [-0.4, -0.2) is 17.5 Å². The summed E-state index contributed by atoms with van der Waals surface area (Å²) >= 11 is 0. The van der Waals surface area contributed by atoms with E-state index >= 15 is 0 Å². The van der Waals surface area contributed by atoms with Gasteiger partial charge in [-0.3, -0.25) is 10.1 Å². The number of benzene rings is 1. The molecular formula is C10H10FNO4. The van der Waals surface area contributed by atoms with Crippen LogP contribution in [-0.2, 0) is 4.74 Å². The molecule has 16 heavy (non-hydrogen) atoms. The molecule has 1 aromatic carbocycles. The van der Waals surface area contributed by atoms with Gasteiger partial charge in [0, 0.05) is 6.07 Å². The van der Waals surface area contributed by atoms with Gasteiger partial charge in [0.2, 0.25) is 5.82 Å². The molecule has 86 valence electrons. The summed E-state index contributed by atoms with van der Waals surface area (Å²) in [7, 11) is 0. The third-order valence-electron chi connectivity index (χ3n) is 1.82. The van der Waals surface area contributed by atoms with Crippen molar-refractivity contribution in [2.24, 2.45) is 0 Å². The number of nitro groups is 1. The molecule has 0 aliphatic heterocycles. The second-order valence-corrected chi connectivity index (χ2v) is 3.06. The van der Waals surface area contributed by atoms with Gasteiger partial charge in [-0.15, -0.1) is 0 Å². The zero-order chi connectivity index (χ0) is 12.1. The Labute approximate surface area is 91.0 Å². The average molecular weight is 227 g/mol. The molecule has 0 aliphatic rings. The zero-order valence-electron chi connectivity index (χ0n) is 8.60. The topological polar surface area (TPSA) is 69.4 Å². The largest absolute Gasteiger partial charge is 0.462 e. The molecule has 1 aromatic rings. The quantitative estimate of drug-likeness (QED) is 0.449. The molecule has 0 bridgehead atoms. The van der Waals surface area contributed by atoms with Gasteiger partial charge in [-0.05, 0) is 18.6 Å². The predicted molar refractivity (Wildman–Crippen MR) is 53.6 cm³/mol. The number of ether oxygens (including phenoxy) is 1. The Morgan fingerprint density at radius 1 is 1.56 bits per heavy atom. The van der Waals surface area contributed by atoms with Gasteiger partial charge in [-0.2, -0.15) is 4.39 Å². The summed E-state index contributed by atoms with van der Waals surface area (Å²) in [6.07, 6.45) is 0.654. The third kappa shape index (κ3) is 2.75. The van der Waals surface area contributed by atoms with E-state index in [-0.39, 0.29) is 12.2 Å². The van der Waals surface area contributed by atoms with E-state index in [4.69, 9.17) is 4.74 Å². The van der Waals surface area contributed by atoms with Gasteiger partial charge >= 0.3 is 11.7 Å². The van der Waals surface area contributed by atoms with E-state index in [1.165, 1.54) is 6.07 Å². The van der Waals surface area contributed by atoms with Gasteiger partial charge in [0.25, 0.3) is 0 Å². The maximum atomic E-state index is 13.1. The van der Waals surface area contributed by atoms with E-state index in [1.54, 1.807) is 0 Å². The summed E-state index contributed by atoms with van der Waals surface area (Å²) in [6, 6.07) is 2.91. The summed E-state index contributed by atoms with van der Waals surface area (Å²) in [4.78, 5) is 20.8. The van der Waals surface area contributed by atoms with E-state index in [9.17, 15) is 19.3 Å². The van der Waals surface area contributed by atoms with Gasteiger partial charge in [-0.1, -0.05) is 6.92 Å². The number of carbonyl (C=O) groups excluding carboxylic acids is 1. The highest BCUT2D eigenvalue weighted by Gasteiger charge is 2.17. The second kappa shape index (κ2) is 5.20. The lowest BCUT2D eigenvalue weighted by Crippen LogP contribution is -2.06. The Balaban J connectivity index is 2.88. The number of halogens is 1. The maximum Gasteiger partial charge on any atom is 0.338 e. The first-order chi connectivity index (χ1) is 7.56. The number of hydrogen-bond acceptors (Lipinski definition) is 4. The minimum Gasteiger partial charge on any atom is -0.462 e. The van der Waals surface area contributed by atoms with Crippen LogP contribution < -0.4 is 0 Å². The lowest BCUT2D eigenvalue weighted by Gasteiger charge is -2.02. The smallest absolute Gasteiger partial charge is 0.338 e. The van der Waals surface area contributed by atoms with Crippen LogP contribution in [0.15, 0.2) is 18.2 Å². The Bertz CT molecular complexity index is 419. The van der Waals surface area contributed by atoms with Crippen LogP contribution in [0.1, 0.15) is 23.7 Å². The van der Waals surface area contributed by atoms with Crippen molar-refractivity contribution >= 4 is 11.7 Å². The molecule has 0 unspecified atom stereocenters. The fourth-order valence-corrected chi connectivity index (χ4v) is 1.06. The number of carbonyl (C=O) groups is 1. The molecule has 0 N–H and O–H groups in total. The first kappa shape index (κ1) is 12.1. The third-order valence-corrected chi connectivity index (χ3v) is 1.82. The molecule has 0 radical (unpaired) electrons. The van der Waals surface area contributed by atoms with Crippen molar-refractivity contribution in [3.8, 4) is 0 Å². The van der Waals surface area contributed by atoms with E-state index < -0.39 is 22.4 Å². The molecule has 0 heterocycles. The van der Waals surface area contributed by atoms with E-state index in [0.29, 0.717) is 6.42 Å². The summed E-state index contributed by atoms with van der Waals surface area (Å²) in [5, 5.41) is 10.3. The summed E-state index contributed by atoms with van der Waals surface area (Å²) in [5.74, 6) is -1.73. The molecular weight excluding hydrogens is 217 g/mol. The van der Waals surface area contributed by atoms with Crippen molar-refractivity contribution in [1.82, 2.24) is 0 Å². The van der Waals surface area contributed by atoms with E-state index in [1.807, 2.05) is 6.92 Å². The van der Waals surface area contributed by atoms with Gasteiger partial charge < -0.3 is 4.74 Å². The lowest BCUT2D eigenvalue weighted by atomic mass is 10.2. The monoisotopic (exact) mass is 227 g/mol. The van der Waals surface area contributed by atoms with Gasteiger partial charge in [0.05, 0.1) is 17.1 Å². The summed E-state index contributed by atoms with van der Waals surface area (Å²) in [5.41, 5.74) is -0.691. The molecule has 0 saturated heterocycles. The molecule has 0 amide bonds. The number of nitro benzene ring substituents is 1. The second-order valence-electron chi connectivity index (χ2n) is 3.06. The van der Waals surface area contributed by atoms with Crippen LogP contribution in [0.25, 0.3) is 0 Å². The molecule has 1 rings (SSSR count). The number of hydrogen-bond donors (Lipinski definition) is 0. The first-order valence-corrected chi connectivity index (χ1v) is 4.67. The van der Waals surface area contributed by atoms with Crippen molar-refractivity contribution in [1.29, 1.82) is 0 Å². The maximum absolute atomic E-state index is 13.1. The highest BCUT2D eigenvalue weighted by atomic mass is 19.1. The molecule has 0 saturated carbocycles. The zero-order valence-corrected chi connectivity index (χ0v) is 8.60. The lowest BCUT2D eigenvalue weighted by molar-refractivity contribution is -0.387.